The van der Waals surface area contributed by atoms with Gasteiger partial charge in [0.1, 0.15) is 0 Å². The lowest BCUT2D eigenvalue weighted by molar-refractivity contribution is 0.506. The highest BCUT2D eigenvalue weighted by atomic mass is 127. The lowest BCUT2D eigenvalue weighted by Crippen LogP contribution is -2.35. The molecule has 94 valence electrons. The molecule has 0 amide bonds. The summed E-state index contributed by atoms with van der Waals surface area (Å²) in [6.45, 7) is 2.11. The van der Waals surface area contributed by atoms with Crippen molar-refractivity contribution in [3.8, 4) is 0 Å². The number of rotatable bonds is 2. The smallest absolute Gasteiger partial charge is 0.194 e. The lowest BCUT2D eigenvalue weighted by Gasteiger charge is -2.15. The maximum absolute atomic E-state index is 12.9. The van der Waals surface area contributed by atoms with Gasteiger partial charge in [-0.15, -0.1) is 24.0 Å². The molecule has 0 unspecified atom stereocenters. The molecule has 1 aromatic carbocycles. The molecular weight excluding hydrogens is 339 g/mol. The van der Waals surface area contributed by atoms with Crippen LogP contribution in [0.15, 0.2) is 23.2 Å². The third-order valence-electron chi connectivity index (χ3n) is 2.49. The van der Waals surface area contributed by atoms with E-state index in [1.165, 1.54) is 6.07 Å². The summed E-state index contributed by atoms with van der Waals surface area (Å²) in [6, 6.07) is 3.88. The number of halogens is 3. The quantitative estimate of drug-likeness (QED) is 0.824. The third-order valence-corrected chi connectivity index (χ3v) is 2.49. The second kappa shape index (κ2) is 6.13. The highest BCUT2D eigenvalue weighted by molar-refractivity contribution is 14.0. The molecule has 6 heteroatoms. The van der Waals surface area contributed by atoms with E-state index in [0.717, 1.165) is 25.1 Å². The summed E-state index contributed by atoms with van der Waals surface area (Å²) >= 11 is 0. The van der Waals surface area contributed by atoms with Gasteiger partial charge in [0.25, 0.3) is 0 Å². The Labute approximate surface area is 116 Å². The topological polar surface area (TPSA) is 27.6 Å². The fourth-order valence-corrected chi connectivity index (χ4v) is 1.55. The van der Waals surface area contributed by atoms with Crippen LogP contribution in [0, 0.1) is 11.6 Å². The van der Waals surface area contributed by atoms with Crippen LogP contribution in [-0.2, 0) is 6.54 Å². The van der Waals surface area contributed by atoms with Crippen LogP contribution in [0.1, 0.15) is 5.56 Å². The van der Waals surface area contributed by atoms with Gasteiger partial charge < -0.3 is 10.2 Å². The Morgan fingerprint density at radius 3 is 2.71 bits per heavy atom. The largest absolute Gasteiger partial charge is 0.352 e. The molecule has 0 aliphatic carbocycles. The second-order valence-electron chi connectivity index (χ2n) is 3.73. The van der Waals surface area contributed by atoms with E-state index in [1.54, 1.807) is 6.07 Å². The molecule has 1 heterocycles. The van der Waals surface area contributed by atoms with Crippen LogP contribution in [0.2, 0.25) is 0 Å². The van der Waals surface area contributed by atoms with Gasteiger partial charge in [0.15, 0.2) is 17.6 Å². The van der Waals surface area contributed by atoms with Crippen molar-refractivity contribution >= 4 is 29.9 Å². The highest BCUT2D eigenvalue weighted by Gasteiger charge is 2.11. The molecule has 0 atom stereocenters. The Morgan fingerprint density at radius 2 is 2.12 bits per heavy atom. The van der Waals surface area contributed by atoms with Gasteiger partial charge in [-0.05, 0) is 17.7 Å². The summed E-state index contributed by atoms with van der Waals surface area (Å²) in [4.78, 5) is 6.22. The average molecular weight is 353 g/mol. The van der Waals surface area contributed by atoms with Crippen molar-refractivity contribution in [3.63, 3.8) is 0 Å². The van der Waals surface area contributed by atoms with Crippen LogP contribution in [0.5, 0.6) is 0 Å². The Bertz CT molecular complexity index is 423. The van der Waals surface area contributed by atoms with E-state index in [9.17, 15) is 8.78 Å². The first-order valence-electron chi connectivity index (χ1n) is 5.10. The molecule has 3 nitrogen and oxygen atoms in total. The van der Waals surface area contributed by atoms with Crippen molar-refractivity contribution in [2.45, 2.75) is 6.54 Å². The maximum atomic E-state index is 12.9. The molecule has 0 saturated carbocycles. The van der Waals surface area contributed by atoms with Crippen LogP contribution in [0.4, 0.5) is 8.78 Å². The van der Waals surface area contributed by atoms with Crippen LogP contribution >= 0.6 is 24.0 Å². The summed E-state index contributed by atoms with van der Waals surface area (Å²) in [5.41, 5.74) is 0.696. The summed E-state index contributed by atoms with van der Waals surface area (Å²) < 4.78 is 25.6. The van der Waals surface area contributed by atoms with E-state index in [0.29, 0.717) is 12.1 Å². The predicted octanol–water partition coefficient (Wildman–Crippen LogP) is 1.97. The van der Waals surface area contributed by atoms with E-state index >= 15 is 0 Å². The molecule has 1 N–H and O–H groups in total. The van der Waals surface area contributed by atoms with Crippen LogP contribution < -0.4 is 5.32 Å². The Hall–Kier alpha value is -0.920. The monoisotopic (exact) mass is 353 g/mol. The highest BCUT2D eigenvalue weighted by Crippen LogP contribution is 2.08. The molecule has 1 aliphatic rings. The molecule has 0 bridgehead atoms. The van der Waals surface area contributed by atoms with E-state index in [2.05, 4.69) is 10.3 Å². The Balaban J connectivity index is 0.00000144. The number of guanidine groups is 1. The van der Waals surface area contributed by atoms with E-state index < -0.39 is 11.6 Å². The van der Waals surface area contributed by atoms with Gasteiger partial charge >= 0.3 is 0 Å². The van der Waals surface area contributed by atoms with Crippen molar-refractivity contribution in [1.82, 2.24) is 10.2 Å². The zero-order valence-corrected chi connectivity index (χ0v) is 11.7. The zero-order chi connectivity index (χ0) is 11.5. The van der Waals surface area contributed by atoms with Crippen molar-refractivity contribution in [2.75, 3.05) is 20.1 Å². The molecule has 0 spiro atoms. The van der Waals surface area contributed by atoms with Crippen LogP contribution in [-0.4, -0.2) is 31.0 Å². The molecule has 0 radical (unpaired) electrons. The number of nitrogens with zero attached hydrogens (tertiary/aromatic N) is 2. The fourth-order valence-electron chi connectivity index (χ4n) is 1.55. The van der Waals surface area contributed by atoms with Crippen LogP contribution in [0.3, 0.4) is 0 Å². The first kappa shape index (κ1) is 14.1. The molecule has 0 saturated heterocycles. The first-order valence-corrected chi connectivity index (χ1v) is 5.10. The standard InChI is InChI=1S/C11H13F2N3.HI/c1-16-5-4-14-11(16)15-7-8-2-3-9(12)10(13)6-8;/h2-3,6H,4-5,7H2,1H3,(H,14,15);1H. The van der Waals surface area contributed by atoms with Crippen LogP contribution in [0.25, 0.3) is 0 Å². The molecule has 1 aromatic rings. The molecule has 0 aromatic heterocycles. The van der Waals surface area contributed by atoms with E-state index in [4.69, 9.17) is 0 Å². The summed E-state index contributed by atoms with van der Waals surface area (Å²) in [5.74, 6) is -0.843. The minimum atomic E-state index is -0.820. The number of aliphatic imine (C=N–C) groups is 1. The Morgan fingerprint density at radius 1 is 1.35 bits per heavy atom. The minimum absolute atomic E-state index is 0. The second-order valence-corrected chi connectivity index (χ2v) is 3.73. The number of hydrogen-bond acceptors (Lipinski definition) is 3. The number of likely N-dealkylation sites (N-methyl/N-ethyl adjacent to an activating group) is 1. The van der Waals surface area contributed by atoms with Crippen molar-refractivity contribution < 1.29 is 8.78 Å². The van der Waals surface area contributed by atoms with E-state index in [1.807, 2.05) is 11.9 Å². The Kier molecular flexibility index (Phi) is 5.10. The minimum Gasteiger partial charge on any atom is -0.352 e. The van der Waals surface area contributed by atoms with Gasteiger partial charge in [0.05, 0.1) is 6.54 Å². The van der Waals surface area contributed by atoms with Gasteiger partial charge in [0, 0.05) is 20.1 Å². The van der Waals surface area contributed by atoms with E-state index in [-0.39, 0.29) is 24.0 Å². The average Bonchev–Trinajstić information content (AvgIpc) is 2.66. The van der Waals surface area contributed by atoms with Gasteiger partial charge in [-0.3, -0.25) is 4.99 Å². The SMILES string of the molecule is CN1CCN=C1NCc1ccc(F)c(F)c1.I. The number of benzene rings is 1. The van der Waals surface area contributed by atoms with Gasteiger partial charge in [-0.2, -0.15) is 0 Å². The normalized spacial score (nSPS) is 14.3. The van der Waals surface area contributed by atoms with Gasteiger partial charge in [-0.1, -0.05) is 6.07 Å². The summed E-state index contributed by atoms with van der Waals surface area (Å²) in [6.07, 6.45) is 0. The summed E-state index contributed by atoms with van der Waals surface area (Å²) in [7, 11) is 1.93. The zero-order valence-electron chi connectivity index (χ0n) is 9.41. The van der Waals surface area contributed by atoms with Crippen molar-refractivity contribution in [2.24, 2.45) is 4.99 Å². The van der Waals surface area contributed by atoms with Crippen molar-refractivity contribution in [1.29, 1.82) is 0 Å². The molecule has 1 aliphatic heterocycles. The molecule has 17 heavy (non-hydrogen) atoms. The first-order chi connectivity index (χ1) is 7.66. The number of hydrogen-bond donors (Lipinski definition) is 1. The molecular formula is C11H14F2IN3. The summed E-state index contributed by atoms with van der Waals surface area (Å²) in [5, 5.41) is 3.08. The number of nitrogens with one attached hydrogen (secondary N) is 1. The molecule has 0 fully saturated rings. The fraction of sp³-hybridized carbons (Fsp3) is 0.364. The van der Waals surface area contributed by atoms with Gasteiger partial charge in [-0.25, -0.2) is 8.78 Å². The van der Waals surface area contributed by atoms with Crippen molar-refractivity contribution in [3.05, 3.63) is 35.4 Å². The third kappa shape index (κ3) is 3.52. The van der Waals surface area contributed by atoms with Gasteiger partial charge in [0.2, 0.25) is 0 Å². The maximum Gasteiger partial charge on any atom is 0.194 e. The molecule has 2 rings (SSSR count). The predicted molar refractivity (Wildman–Crippen MR) is 73.5 cm³/mol. The lowest BCUT2D eigenvalue weighted by atomic mass is 10.2.